The van der Waals surface area contributed by atoms with Gasteiger partial charge in [0.2, 0.25) is 0 Å². The van der Waals surface area contributed by atoms with E-state index in [4.69, 9.17) is 44.9 Å². The van der Waals surface area contributed by atoms with Crippen LogP contribution in [-0.2, 0) is 25.4 Å². The van der Waals surface area contributed by atoms with E-state index in [1.807, 2.05) is 0 Å². The van der Waals surface area contributed by atoms with Gasteiger partial charge in [0, 0.05) is 31.2 Å². The molecule has 0 spiro atoms. The van der Waals surface area contributed by atoms with Crippen molar-refractivity contribution in [3.05, 3.63) is 83.3 Å². The third-order valence-electron chi connectivity index (χ3n) is 6.33. The number of imidazole rings is 1. The number of aromatic nitrogens is 4. The van der Waals surface area contributed by atoms with Gasteiger partial charge in [0.1, 0.15) is 4.32 Å². The van der Waals surface area contributed by atoms with Gasteiger partial charge in [-0.15, -0.1) is 0 Å². The lowest BCUT2D eigenvalue weighted by Crippen LogP contribution is -2.37. The molecule has 2 aromatic heterocycles. The molecule has 1 fully saturated rings. The maximum atomic E-state index is 13.2. The fourth-order valence-electron chi connectivity index (χ4n) is 4.12. The summed E-state index contributed by atoms with van der Waals surface area (Å²) in [6, 6.07) is 10.2. The maximum absolute atomic E-state index is 13.2. The predicted octanol–water partition coefficient (Wildman–Crippen LogP) is 4.42. The van der Waals surface area contributed by atoms with Crippen LogP contribution in [0.3, 0.4) is 0 Å². The molecule has 0 N–H and O–H groups in total. The summed E-state index contributed by atoms with van der Waals surface area (Å²) in [6.45, 7) is 0.106. The molecule has 0 radical (unpaired) electrons. The van der Waals surface area contributed by atoms with Crippen LogP contribution in [0.2, 0.25) is 10.0 Å². The van der Waals surface area contributed by atoms with E-state index in [0.717, 1.165) is 4.57 Å². The molecule has 0 atom stereocenters. The van der Waals surface area contributed by atoms with Gasteiger partial charge in [-0.1, -0.05) is 59.3 Å². The largest absolute Gasteiger partial charge is 0.493 e. The van der Waals surface area contributed by atoms with Gasteiger partial charge < -0.3 is 9.47 Å². The number of likely N-dealkylation sites (N-methyl/N-ethyl adjacent to an activating group) is 1. The average molecular weight is 619 g/mol. The molecule has 14 heteroatoms. The van der Waals surface area contributed by atoms with Crippen molar-refractivity contribution in [1.82, 2.24) is 23.6 Å². The number of hydrogen-bond donors (Lipinski definition) is 0. The zero-order valence-electron chi connectivity index (χ0n) is 21.6. The van der Waals surface area contributed by atoms with E-state index in [0.29, 0.717) is 41.9 Å². The molecule has 206 valence electrons. The van der Waals surface area contributed by atoms with Gasteiger partial charge in [0.25, 0.3) is 11.5 Å². The predicted molar refractivity (Wildman–Crippen MR) is 160 cm³/mol. The number of halogens is 2. The zero-order valence-corrected chi connectivity index (χ0v) is 24.7. The summed E-state index contributed by atoms with van der Waals surface area (Å²) in [7, 11) is 6.02. The molecule has 1 aliphatic rings. The second-order valence-electron chi connectivity index (χ2n) is 8.85. The Labute approximate surface area is 247 Å². The fourth-order valence-corrected chi connectivity index (χ4v) is 5.77. The van der Waals surface area contributed by atoms with Crippen LogP contribution in [0, 0.1) is 0 Å². The summed E-state index contributed by atoms with van der Waals surface area (Å²) < 4.78 is 16.1. The van der Waals surface area contributed by atoms with Gasteiger partial charge in [-0.2, -0.15) is 4.98 Å². The molecule has 5 rings (SSSR count). The van der Waals surface area contributed by atoms with Crippen molar-refractivity contribution in [1.29, 1.82) is 0 Å². The molecule has 10 nitrogen and oxygen atoms in total. The fraction of sp³-hybridized carbons (Fsp3) is 0.192. The van der Waals surface area contributed by atoms with E-state index in [1.165, 1.54) is 42.4 Å². The lowest BCUT2D eigenvalue weighted by atomic mass is 10.2. The Morgan fingerprint density at radius 3 is 2.42 bits per heavy atom. The number of aryl methyl sites for hydroxylation is 1. The first kappa shape index (κ1) is 28.0. The van der Waals surface area contributed by atoms with Gasteiger partial charge in [0.15, 0.2) is 22.7 Å². The second kappa shape index (κ2) is 10.8. The third kappa shape index (κ3) is 4.92. The molecule has 3 heterocycles. The van der Waals surface area contributed by atoms with Gasteiger partial charge >= 0.3 is 11.7 Å². The van der Waals surface area contributed by atoms with Crippen LogP contribution in [0.25, 0.3) is 17.2 Å². The van der Waals surface area contributed by atoms with Crippen LogP contribution >= 0.6 is 47.2 Å². The molecule has 0 saturated carbocycles. The molecule has 1 saturated heterocycles. The van der Waals surface area contributed by atoms with Crippen LogP contribution in [0.4, 0.5) is 0 Å². The van der Waals surface area contributed by atoms with Crippen molar-refractivity contribution >= 4 is 74.6 Å². The van der Waals surface area contributed by atoms with E-state index < -0.39 is 11.2 Å². The Kier molecular flexibility index (Phi) is 7.53. The monoisotopic (exact) mass is 617 g/mol. The van der Waals surface area contributed by atoms with Crippen molar-refractivity contribution in [2.24, 2.45) is 14.1 Å². The minimum atomic E-state index is -0.541. The molecular weight excluding hydrogens is 597 g/mol. The molecule has 4 aromatic rings. The number of nitrogens with zero attached hydrogens (tertiary/aromatic N) is 5. The number of thiocarbonyl (C=S) groups is 1. The Bertz CT molecular complexity index is 1880. The summed E-state index contributed by atoms with van der Waals surface area (Å²) in [5, 5.41) is 0.853. The van der Waals surface area contributed by atoms with Gasteiger partial charge in [-0.3, -0.25) is 28.2 Å². The van der Waals surface area contributed by atoms with Gasteiger partial charge in [-0.25, -0.2) is 4.79 Å². The molecule has 1 amide bonds. The number of thioether (sulfide) groups is 1. The van der Waals surface area contributed by atoms with Crippen LogP contribution in [-0.4, -0.2) is 48.0 Å². The Morgan fingerprint density at radius 1 is 1.02 bits per heavy atom. The van der Waals surface area contributed by atoms with Crippen molar-refractivity contribution < 1.29 is 14.3 Å². The standard InChI is InChI=1S/C26H21Cl2N5O5S2/c1-30-21-20(23(35)31(2)25(30)36)33(12-14-6-7-15(27)11-16(14)28)24(29-21)38-17-8-5-13(9-18(17)37-4)10-19-22(34)32(3)26(39)40-19/h5-11H,12H2,1-4H3/b19-10+. The summed E-state index contributed by atoms with van der Waals surface area (Å²) in [4.78, 5) is 44.7. The summed E-state index contributed by atoms with van der Waals surface area (Å²) in [5.41, 5.74) is 0.574. The topological polar surface area (TPSA) is 101 Å². The quantitative estimate of drug-likeness (QED) is 0.231. The number of amides is 1. The van der Waals surface area contributed by atoms with Crippen LogP contribution in [0.15, 0.2) is 50.9 Å². The first-order chi connectivity index (χ1) is 19.0. The van der Waals surface area contributed by atoms with E-state index >= 15 is 0 Å². The number of carbonyl (C=O) groups excluding carboxylic acids is 1. The van der Waals surface area contributed by atoms with E-state index in [1.54, 1.807) is 54.1 Å². The number of carbonyl (C=O) groups is 1. The highest BCUT2D eigenvalue weighted by Gasteiger charge is 2.29. The first-order valence-electron chi connectivity index (χ1n) is 11.7. The number of rotatable bonds is 6. The SMILES string of the molecule is COc1cc(/C=C2/SC(=S)N(C)C2=O)ccc1Oc1nc2c(c(=O)n(C)c(=O)n2C)n1Cc1ccc(Cl)cc1Cl. The number of fused-ring (bicyclic) bond motifs is 1. The molecule has 0 aliphatic carbocycles. The minimum Gasteiger partial charge on any atom is -0.493 e. The summed E-state index contributed by atoms with van der Waals surface area (Å²) in [6.07, 6.45) is 1.71. The molecule has 0 unspecified atom stereocenters. The number of methoxy groups -OCH3 is 1. The number of benzene rings is 2. The Hall–Kier alpha value is -3.58. The number of hydrogen-bond acceptors (Lipinski definition) is 8. The van der Waals surface area contributed by atoms with E-state index in [9.17, 15) is 14.4 Å². The molecular formula is C26H21Cl2N5O5S2. The summed E-state index contributed by atoms with van der Waals surface area (Å²) in [5.74, 6) is 0.463. The second-order valence-corrected chi connectivity index (χ2v) is 11.4. The highest BCUT2D eigenvalue weighted by Crippen LogP contribution is 2.36. The lowest BCUT2D eigenvalue weighted by Gasteiger charge is -2.13. The molecule has 2 aromatic carbocycles. The minimum absolute atomic E-state index is 0.0391. The maximum Gasteiger partial charge on any atom is 0.332 e. The Balaban J connectivity index is 1.61. The summed E-state index contributed by atoms with van der Waals surface area (Å²) >= 11 is 18.9. The highest BCUT2D eigenvalue weighted by atomic mass is 35.5. The Morgan fingerprint density at radius 2 is 1.77 bits per heavy atom. The first-order valence-corrected chi connectivity index (χ1v) is 13.7. The average Bonchev–Trinajstić information content (AvgIpc) is 3.40. The van der Waals surface area contributed by atoms with Gasteiger partial charge in [0.05, 0.1) is 18.6 Å². The van der Waals surface area contributed by atoms with Crippen molar-refractivity contribution in [3.63, 3.8) is 0 Å². The van der Waals surface area contributed by atoms with E-state index in [2.05, 4.69) is 4.98 Å². The van der Waals surface area contributed by atoms with Crippen molar-refractivity contribution in [3.8, 4) is 17.5 Å². The van der Waals surface area contributed by atoms with Crippen molar-refractivity contribution in [2.75, 3.05) is 14.2 Å². The third-order valence-corrected chi connectivity index (χ3v) is 8.40. The smallest absolute Gasteiger partial charge is 0.332 e. The molecule has 40 heavy (non-hydrogen) atoms. The highest BCUT2D eigenvalue weighted by molar-refractivity contribution is 8.26. The van der Waals surface area contributed by atoms with E-state index in [-0.39, 0.29) is 29.6 Å². The van der Waals surface area contributed by atoms with Gasteiger partial charge in [-0.05, 0) is 41.5 Å². The van der Waals surface area contributed by atoms with Crippen LogP contribution < -0.4 is 20.7 Å². The van der Waals surface area contributed by atoms with Crippen LogP contribution in [0.1, 0.15) is 11.1 Å². The molecule has 1 aliphatic heterocycles. The van der Waals surface area contributed by atoms with Crippen LogP contribution in [0.5, 0.6) is 17.5 Å². The zero-order chi connectivity index (χ0) is 28.9. The molecule has 0 bridgehead atoms. The normalized spacial score (nSPS) is 14.6. The number of ether oxygens (including phenoxy) is 2. The lowest BCUT2D eigenvalue weighted by molar-refractivity contribution is -0.121. The van der Waals surface area contributed by atoms with Crippen molar-refractivity contribution in [2.45, 2.75) is 6.54 Å².